The summed E-state index contributed by atoms with van der Waals surface area (Å²) in [5.41, 5.74) is 0. The van der Waals surface area contributed by atoms with Gasteiger partial charge in [0, 0.05) is 6.42 Å². The summed E-state index contributed by atoms with van der Waals surface area (Å²) in [6.07, 6.45) is 78.8. The predicted molar refractivity (Wildman–Crippen MR) is 292 cm³/mol. The average Bonchev–Trinajstić information content (AvgIpc) is 3.32. The number of ether oxygens (including phenoxy) is 1. The Bertz CT molecular complexity index is 1000. The number of benzene rings is 1. The number of rotatable bonds is 56. The van der Waals surface area contributed by atoms with Crippen LogP contribution in [-0.4, -0.2) is 5.97 Å². The molecule has 1 rings (SSSR count). The van der Waals surface area contributed by atoms with E-state index in [1.54, 1.807) is 0 Å². The zero-order valence-corrected chi connectivity index (χ0v) is 44.6. The number of carbonyl (C=O) groups is 1. The SMILES string of the molecule is CCCCCCCCCCCCCCCCCCCCCCCCCCCCCCCCCCCCCCCCCCCCCCCCCCCCCCCCC(=O)Oc1ccccc1. The standard InChI is InChI=1S/C63H118O2/c1-2-3-4-5-6-7-8-9-10-11-12-13-14-15-16-17-18-19-20-21-22-23-24-25-26-27-28-29-30-31-32-33-34-35-36-37-38-39-40-41-42-43-44-45-46-47-48-49-50-51-52-53-54-58-61-63(64)65-62-59-56-55-57-60-62/h55-57,59-60H,2-54,58,61H2,1H3. The van der Waals surface area contributed by atoms with Gasteiger partial charge in [-0.25, -0.2) is 0 Å². The first kappa shape index (κ1) is 61.7. The summed E-state index contributed by atoms with van der Waals surface area (Å²) in [6.45, 7) is 2.31. The Morgan fingerprint density at radius 3 is 0.615 bits per heavy atom. The molecule has 0 heterocycles. The Morgan fingerprint density at radius 2 is 0.431 bits per heavy atom. The Hall–Kier alpha value is -1.31. The molecule has 0 radical (unpaired) electrons. The first-order valence-corrected chi connectivity index (χ1v) is 30.6. The van der Waals surface area contributed by atoms with Crippen molar-refractivity contribution >= 4 is 5.97 Å². The van der Waals surface area contributed by atoms with Crippen molar-refractivity contribution in [2.75, 3.05) is 0 Å². The number of carbonyl (C=O) groups excluding carboxylic acids is 1. The summed E-state index contributed by atoms with van der Waals surface area (Å²) >= 11 is 0. The van der Waals surface area contributed by atoms with Crippen LogP contribution in [0, 0.1) is 0 Å². The maximum atomic E-state index is 11.9. The van der Waals surface area contributed by atoms with Crippen LogP contribution in [0.3, 0.4) is 0 Å². The first-order valence-electron chi connectivity index (χ1n) is 30.6. The fourth-order valence-electron chi connectivity index (χ4n) is 10.2. The molecule has 65 heavy (non-hydrogen) atoms. The average molecular weight is 908 g/mol. The highest BCUT2D eigenvalue weighted by Gasteiger charge is 2.04. The second-order valence-corrected chi connectivity index (χ2v) is 21.3. The minimum atomic E-state index is -0.0982. The van der Waals surface area contributed by atoms with Gasteiger partial charge in [0.05, 0.1) is 0 Å². The highest BCUT2D eigenvalue weighted by atomic mass is 16.5. The Morgan fingerprint density at radius 1 is 0.262 bits per heavy atom. The molecule has 0 aliphatic heterocycles. The second kappa shape index (κ2) is 55.3. The zero-order chi connectivity index (χ0) is 46.3. The quantitative estimate of drug-likeness (QED) is 0.0370. The lowest BCUT2D eigenvalue weighted by molar-refractivity contribution is -0.134. The van der Waals surface area contributed by atoms with E-state index in [2.05, 4.69) is 6.92 Å². The highest BCUT2D eigenvalue weighted by molar-refractivity contribution is 5.72. The van der Waals surface area contributed by atoms with Crippen molar-refractivity contribution in [2.45, 2.75) is 360 Å². The monoisotopic (exact) mass is 907 g/mol. The molecule has 2 nitrogen and oxygen atoms in total. The van der Waals surface area contributed by atoms with Crippen molar-refractivity contribution in [3.63, 3.8) is 0 Å². The van der Waals surface area contributed by atoms with E-state index in [1.165, 1.54) is 334 Å². The van der Waals surface area contributed by atoms with Crippen LogP contribution >= 0.6 is 0 Å². The van der Waals surface area contributed by atoms with Crippen LogP contribution in [0.25, 0.3) is 0 Å². The molecule has 382 valence electrons. The van der Waals surface area contributed by atoms with Gasteiger partial charge in [-0.15, -0.1) is 0 Å². The maximum absolute atomic E-state index is 11.9. The first-order chi connectivity index (χ1) is 32.3. The Labute approximate surface area is 410 Å². The lowest BCUT2D eigenvalue weighted by Gasteiger charge is -2.05. The molecule has 0 saturated carbocycles. The van der Waals surface area contributed by atoms with Crippen LogP contribution in [0.15, 0.2) is 30.3 Å². The Kier molecular flexibility index (Phi) is 52.5. The number of esters is 1. The van der Waals surface area contributed by atoms with E-state index in [9.17, 15) is 4.79 Å². The van der Waals surface area contributed by atoms with E-state index in [0.29, 0.717) is 12.2 Å². The van der Waals surface area contributed by atoms with E-state index in [1.807, 2.05) is 30.3 Å². The molecule has 0 atom stereocenters. The molecule has 0 aromatic heterocycles. The topological polar surface area (TPSA) is 26.3 Å². The number of para-hydroxylation sites is 1. The predicted octanol–water partition coefficient (Wildman–Crippen LogP) is 23.1. The molecule has 0 amide bonds. The van der Waals surface area contributed by atoms with Gasteiger partial charge in [-0.05, 0) is 18.6 Å². The molecule has 0 saturated heterocycles. The number of hydrogen-bond donors (Lipinski definition) is 0. The molecule has 1 aromatic rings. The van der Waals surface area contributed by atoms with Crippen LogP contribution in [-0.2, 0) is 4.79 Å². The van der Waals surface area contributed by atoms with Gasteiger partial charge in [0.15, 0.2) is 0 Å². The summed E-state index contributed by atoms with van der Waals surface area (Å²) in [4.78, 5) is 11.9. The van der Waals surface area contributed by atoms with E-state index in [-0.39, 0.29) is 5.97 Å². The molecule has 0 spiro atoms. The molecule has 0 bridgehead atoms. The number of hydrogen-bond acceptors (Lipinski definition) is 2. The van der Waals surface area contributed by atoms with E-state index in [4.69, 9.17) is 4.74 Å². The molecule has 1 aromatic carbocycles. The van der Waals surface area contributed by atoms with Crippen molar-refractivity contribution in [1.29, 1.82) is 0 Å². The van der Waals surface area contributed by atoms with Gasteiger partial charge in [0.1, 0.15) is 5.75 Å². The fraction of sp³-hybridized carbons (Fsp3) is 0.889. The van der Waals surface area contributed by atoms with Gasteiger partial charge >= 0.3 is 5.97 Å². The maximum Gasteiger partial charge on any atom is 0.311 e. The lowest BCUT2D eigenvalue weighted by atomic mass is 10.0. The zero-order valence-electron chi connectivity index (χ0n) is 44.6. The Balaban J connectivity index is 1.60. The lowest BCUT2D eigenvalue weighted by Crippen LogP contribution is -2.07. The van der Waals surface area contributed by atoms with Crippen LogP contribution in [0.2, 0.25) is 0 Å². The van der Waals surface area contributed by atoms with Crippen LogP contribution in [0.1, 0.15) is 360 Å². The largest absolute Gasteiger partial charge is 0.427 e. The molecule has 0 aliphatic carbocycles. The fourth-order valence-corrected chi connectivity index (χ4v) is 10.2. The summed E-state index contributed by atoms with van der Waals surface area (Å²) in [5.74, 6) is 0.560. The van der Waals surface area contributed by atoms with Gasteiger partial charge in [0.2, 0.25) is 0 Å². The van der Waals surface area contributed by atoms with Gasteiger partial charge in [0.25, 0.3) is 0 Å². The second-order valence-electron chi connectivity index (χ2n) is 21.3. The molecule has 0 N–H and O–H groups in total. The third kappa shape index (κ3) is 51.9. The van der Waals surface area contributed by atoms with Gasteiger partial charge in [-0.2, -0.15) is 0 Å². The van der Waals surface area contributed by atoms with E-state index < -0.39 is 0 Å². The summed E-state index contributed by atoms with van der Waals surface area (Å²) < 4.78 is 5.36. The minimum absolute atomic E-state index is 0.0982. The van der Waals surface area contributed by atoms with Crippen molar-refractivity contribution in [3.8, 4) is 5.75 Å². The molecule has 2 heteroatoms. The third-order valence-electron chi connectivity index (χ3n) is 14.7. The van der Waals surface area contributed by atoms with Gasteiger partial charge in [-0.3, -0.25) is 4.79 Å². The molecule has 0 fully saturated rings. The smallest absolute Gasteiger partial charge is 0.311 e. The van der Waals surface area contributed by atoms with Crippen molar-refractivity contribution < 1.29 is 9.53 Å². The third-order valence-corrected chi connectivity index (χ3v) is 14.7. The molecule has 0 unspecified atom stereocenters. The van der Waals surface area contributed by atoms with E-state index in [0.717, 1.165) is 12.8 Å². The summed E-state index contributed by atoms with van der Waals surface area (Å²) in [6, 6.07) is 9.42. The van der Waals surface area contributed by atoms with E-state index >= 15 is 0 Å². The number of unbranched alkanes of at least 4 members (excludes halogenated alkanes) is 53. The van der Waals surface area contributed by atoms with Crippen molar-refractivity contribution in [1.82, 2.24) is 0 Å². The summed E-state index contributed by atoms with van der Waals surface area (Å²) in [7, 11) is 0. The normalized spacial score (nSPS) is 11.5. The van der Waals surface area contributed by atoms with Crippen LogP contribution in [0.5, 0.6) is 5.75 Å². The van der Waals surface area contributed by atoms with Crippen LogP contribution in [0.4, 0.5) is 0 Å². The minimum Gasteiger partial charge on any atom is -0.427 e. The van der Waals surface area contributed by atoms with Gasteiger partial charge in [-0.1, -0.05) is 365 Å². The molecular weight excluding hydrogens is 789 g/mol. The molecular formula is C63H118O2. The highest BCUT2D eigenvalue weighted by Crippen LogP contribution is 2.20. The summed E-state index contributed by atoms with van der Waals surface area (Å²) in [5, 5.41) is 0. The van der Waals surface area contributed by atoms with Crippen molar-refractivity contribution in [2.24, 2.45) is 0 Å². The van der Waals surface area contributed by atoms with Crippen molar-refractivity contribution in [3.05, 3.63) is 30.3 Å². The molecule has 0 aliphatic rings. The van der Waals surface area contributed by atoms with Crippen LogP contribution < -0.4 is 4.74 Å². The van der Waals surface area contributed by atoms with Gasteiger partial charge < -0.3 is 4.74 Å².